The van der Waals surface area contributed by atoms with Crippen molar-refractivity contribution in [1.82, 2.24) is 15.1 Å². The molecule has 0 bridgehead atoms. The van der Waals surface area contributed by atoms with Gasteiger partial charge in [-0.2, -0.15) is 0 Å². The Morgan fingerprint density at radius 2 is 1.82 bits per heavy atom. The third-order valence-electron chi connectivity index (χ3n) is 7.59. The summed E-state index contributed by atoms with van der Waals surface area (Å²) in [6.07, 6.45) is 2.98. The Morgan fingerprint density at radius 1 is 1.08 bits per heavy atom. The van der Waals surface area contributed by atoms with E-state index in [1.54, 1.807) is 13.2 Å². The van der Waals surface area contributed by atoms with E-state index in [0.717, 1.165) is 60.4 Å². The number of likely N-dealkylation sites (N-methyl/N-ethyl adjacent to an activating group) is 1. The Labute approximate surface area is 224 Å². The largest absolute Gasteiger partial charge is 0.496 e. The van der Waals surface area contributed by atoms with E-state index in [0.29, 0.717) is 24.3 Å². The topological polar surface area (TPSA) is 103 Å². The fraction of sp³-hybridized carbons (Fsp3) is 0.483. The van der Waals surface area contributed by atoms with Gasteiger partial charge < -0.3 is 30.5 Å². The number of aryl methyl sites for hydroxylation is 2. The van der Waals surface area contributed by atoms with Crippen LogP contribution in [0.3, 0.4) is 0 Å². The molecule has 1 aliphatic heterocycles. The Hall–Kier alpha value is -3.59. The highest BCUT2D eigenvalue weighted by molar-refractivity contribution is 5.99. The van der Waals surface area contributed by atoms with Crippen LogP contribution in [0.5, 0.6) is 5.75 Å². The molecule has 2 aliphatic rings. The van der Waals surface area contributed by atoms with E-state index in [4.69, 9.17) is 4.74 Å². The van der Waals surface area contributed by atoms with Crippen LogP contribution < -0.4 is 20.7 Å². The average molecular weight is 522 g/mol. The lowest BCUT2D eigenvalue weighted by Gasteiger charge is -2.39. The van der Waals surface area contributed by atoms with Crippen LogP contribution in [0.4, 0.5) is 16.2 Å². The molecule has 1 fully saturated rings. The van der Waals surface area contributed by atoms with Gasteiger partial charge in [0.2, 0.25) is 5.91 Å². The Balaban J connectivity index is 1.35. The number of carbonyl (C=O) groups is 3. The average Bonchev–Trinajstić information content (AvgIpc) is 2.89. The summed E-state index contributed by atoms with van der Waals surface area (Å²) in [4.78, 5) is 42.5. The van der Waals surface area contributed by atoms with Crippen LogP contribution in [0.15, 0.2) is 30.3 Å². The molecule has 204 valence electrons. The third-order valence-corrected chi connectivity index (χ3v) is 7.59. The number of urea groups is 1. The van der Waals surface area contributed by atoms with Crippen LogP contribution >= 0.6 is 0 Å². The zero-order valence-electron chi connectivity index (χ0n) is 23.0. The first-order valence-corrected chi connectivity index (χ1v) is 13.3. The van der Waals surface area contributed by atoms with Crippen LogP contribution in [0, 0.1) is 19.8 Å². The normalized spacial score (nSPS) is 19.0. The number of anilines is 2. The van der Waals surface area contributed by atoms with E-state index in [1.807, 2.05) is 62.0 Å². The standard InChI is InChI=1S/C29H39N5O4/c1-18-6-9-22(16-26(18)38-5)31-28(36)20-7-10-23(11-8-20)34-17-24-19(2)14-21(15-25(24)32-29(34)37)27(35)30-12-13-33(3)4/h6,9,14-16,20,23H,7-8,10-13,17H2,1-5H3,(H,30,35)(H,31,36)(H,32,37). The van der Waals surface area contributed by atoms with Crippen molar-refractivity contribution in [2.45, 2.75) is 52.1 Å². The number of ether oxygens (including phenoxy) is 1. The fourth-order valence-corrected chi connectivity index (χ4v) is 5.28. The molecule has 0 saturated heterocycles. The number of fused-ring (bicyclic) bond motifs is 1. The molecule has 2 aromatic carbocycles. The summed E-state index contributed by atoms with van der Waals surface area (Å²) in [6, 6.07) is 9.24. The Kier molecular flexibility index (Phi) is 8.56. The number of carbonyl (C=O) groups excluding carboxylic acids is 3. The number of rotatable bonds is 8. The fourth-order valence-electron chi connectivity index (χ4n) is 5.28. The van der Waals surface area contributed by atoms with Gasteiger partial charge in [-0.05, 0) is 88.5 Å². The lowest BCUT2D eigenvalue weighted by molar-refractivity contribution is -0.121. The number of benzene rings is 2. The lowest BCUT2D eigenvalue weighted by atomic mass is 9.84. The summed E-state index contributed by atoms with van der Waals surface area (Å²) >= 11 is 0. The van der Waals surface area contributed by atoms with Crippen molar-refractivity contribution in [3.63, 3.8) is 0 Å². The second-order valence-corrected chi connectivity index (χ2v) is 10.6. The maximum Gasteiger partial charge on any atom is 0.322 e. The van der Waals surface area contributed by atoms with Gasteiger partial charge in [-0.15, -0.1) is 0 Å². The second-order valence-electron chi connectivity index (χ2n) is 10.6. The van der Waals surface area contributed by atoms with Gasteiger partial charge in [0, 0.05) is 48.1 Å². The highest BCUT2D eigenvalue weighted by atomic mass is 16.5. The van der Waals surface area contributed by atoms with E-state index in [2.05, 4.69) is 16.0 Å². The molecule has 0 unspecified atom stereocenters. The van der Waals surface area contributed by atoms with Crippen molar-refractivity contribution in [3.05, 3.63) is 52.6 Å². The quantitative estimate of drug-likeness (QED) is 0.484. The van der Waals surface area contributed by atoms with Crippen LogP contribution in [0.2, 0.25) is 0 Å². The minimum absolute atomic E-state index is 0.00929. The predicted octanol–water partition coefficient (Wildman–Crippen LogP) is 4.15. The van der Waals surface area contributed by atoms with E-state index >= 15 is 0 Å². The van der Waals surface area contributed by atoms with Gasteiger partial charge in [0.05, 0.1) is 13.7 Å². The Morgan fingerprint density at radius 3 is 2.50 bits per heavy atom. The maximum absolute atomic E-state index is 13.1. The van der Waals surface area contributed by atoms with Crippen LogP contribution in [-0.4, -0.2) is 68.0 Å². The van der Waals surface area contributed by atoms with E-state index in [1.165, 1.54) is 0 Å². The third kappa shape index (κ3) is 6.27. The molecular formula is C29H39N5O4. The van der Waals surface area contributed by atoms with Gasteiger partial charge in [0.25, 0.3) is 5.91 Å². The SMILES string of the molecule is COc1cc(NC(=O)C2CCC(N3Cc4c(C)cc(C(=O)NCCN(C)C)cc4NC3=O)CC2)ccc1C. The molecule has 2 aromatic rings. The number of methoxy groups -OCH3 is 1. The van der Waals surface area contributed by atoms with Crippen molar-refractivity contribution in [3.8, 4) is 5.75 Å². The lowest BCUT2D eigenvalue weighted by Crippen LogP contribution is -2.47. The molecule has 1 heterocycles. The minimum Gasteiger partial charge on any atom is -0.496 e. The van der Waals surface area contributed by atoms with E-state index in [9.17, 15) is 14.4 Å². The van der Waals surface area contributed by atoms with Gasteiger partial charge in [0.1, 0.15) is 5.75 Å². The zero-order valence-corrected chi connectivity index (χ0v) is 23.0. The first-order chi connectivity index (χ1) is 18.2. The van der Waals surface area contributed by atoms with Gasteiger partial charge in [-0.3, -0.25) is 9.59 Å². The van der Waals surface area contributed by atoms with Crippen molar-refractivity contribution < 1.29 is 19.1 Å². The number of hydrogen-bond acceptors (Lipinski definition) is 5. The second kappa shape index (κ2) is 11.9. The van der Waals surface area contributed by atoms with Crippen LogP contribution in [0.25, 0.3) is 0 Å². The zero-order chi connectivity index (χ0) is 27.4. The molecular weight excluding hydrogens is 482 g/mol. The summed E-state index contributed by atoms with van der Waals surface area (Å²) in [5, 5.41) is 8.96. The number of nitrogens with zero attached hydrogens (tertiary/aromatic N) is 2. The van der Waals surface area contributed by atoms with Crippen LogP contribution in [0.1, 0.15) is 52.7 Å². The van der Waals surface area contributed by atoms with Gasteiger partial charge in [-0.1, -0.05) is 6.07 Å². The molecule has 38 heavy (non-hydrogen) atoms. The Bertz CT molecular complexity index is 1200. The van der Waals surface area contributed by atoms with Crippen molar-refractivity contribution in [2.75, 3.05) is 44.9 Å². The molecule has 1 saturated carbocycles. The molecule has 4 amide bonds. The molecule has 4 rings (SSSR count). The predicted molar refractivity (Wildman–Crippen MR) is 149 cm³/mol. The summed E-state index contributed by atoms with van der Waals surface area (Å²) < 4.78 is 5.36. The summed E-state index contributed by atoms with van der Waals surface area (Å²) in [6.45, 7) is 5.76. The summed E-state index contributed by atoms with van der Waals surface area (Å²) in [7, 11) is 5.54. The highest BCUT2D eigenvalue weighted by Gasteiger charge is 2.35. The van der Waals surface area contributed by atoms with Gasteiger partial charge >= 0.3 is 6.03 Å². The number of hydrogen-bond donors (Lipinski definition) is 3. The van der Waals surface area contributed by atoms with Crippen molar-refractivity contribution in [2.24, 2.45) is 5.92 Å². The molecule has 0 spiro atoms. The van der Waals surface area contributed by atoms with Crippen molar-refractivity contribution in [1.29, 1.82) is 0 Å². The first-order valence-electron chi connectivity index (χ1n) is 13.3. The van der Waals surface area contributed by atoms with Crippen molar-refractivity contribution >= 4 is 29.2 Å². The van der Waals surface area contributed by atoms with Gasteiger partial charge in [0.15, 0.2) is 0 Å². The highest BCUT2D eigenvalue weighted by Crippen LogP contribution is 2.35. The maximum atomic E-state index is 13.1. The number of nitrogens with one attached hydrogen (secondary N) is 3. The molecule has 0 atom stereocenters. The molecule has 9 heteroatoms. The monoisotopic (exact) mass is 521 g/mol. The first kappa shape index (κ1) is 27.4. The van der Waals surface area contributed by atoms with E-state index in [-0.39, 0.29) is 29.8 Å². The van der Waals surface area contributed by atoms with E-state index < -0.39 is 0 Å². The molecule has 0 radical (unpaired) electrons. The molecule has 9 nitrogen and oxygen atoms in total. The van der Waals surface area contributed by atoms with Crippen LogP contribution in [-0.2, 0) is 11.3 Å². The minimum atomic E-state index is -0.151. The molecule has 1 aliphatic carbocycles. The molecule has 3 N–H and O–H groups in total. The summed E-state index contributed by atoms with van der Waals surface area (Å²) in [5.41, 5.74) is 5.00. The summed E-state index contributed by atoms with van der Waals surface area (Å²) in [5.74, 6) is 0.523. The van der Waals surface area contributed by atoms with Gasteiger partial charge in [-0.25, -0.2) is 4.79 Å². The molecule has 0 aromatic heterocycles. The number of amides is 4. The smallest absolute Gasteiger partial charge is 0.322 e.